The van der Waals surface area contributed by atoms with Crippen molar-refractivity contribution in [3.05, 3.63) is 64.2 Å². The summed E-state index contributed by atoms with van der Waals surface area (Å²) < 4.78 is 0. The maximum absolute atomic E-state index is 10.9. The van der Waals surface area contributed by atoms with Crippen molar-refractivity contribution in [2.24, 2.45) is 0 Å². The second kappa shape index (κ2) is 6.99. The van der Waals surface area contributed by atoms with E-state index >= 15 is 0 Å². The van der Waals surface area contributed by atoms with Gasteiger partial charge in [-0.1, -0.05) is 44.2 Å². The molecular weight excluding hydrogens is 264 g/mol. The monoisotopic (exact) mass is 284 g/mol. The number of nitro benzene ring substituents is 1. The maximum Gasteiger partial charge on any atom is 0.270 e. The van der Waals surface area contributed by atoms with Gasteiger partial charge in [0.05, 0.1) is 4.92 Å². The first-order chi connectivity index (χ1) is 10.2. The van der Waals surface area contributed by atoms with Gasteiger partial charge in [0.25, 0.3) is 5.69 Å². The fourth-order valence-electron chi connectivity index (χ4n) is 2.48. The molecule has 0 saturated heterocycles. The van der Waals surface area contributed by atoms with Crippen molar-refractivity contribution in [2.45, 2.75) is 26.3 Å². The molecule has 0 spiro atoms. The fraction of sp³-hybridized carbons (Fsp3) is 0.294. The zero-order valence-corrected chi connectivity index (χ0v) is 12.4. The number of hydrogen-bond acceptors (Lipinski definition) is 3. The van der Waals surface area contributed by atoms with E-state index < -0.39 is 0 Å². The van der Waals surface area contributed by atoms with Gasteiger partial charge in [0.2, 0.25) is 0 Å². The highest BCUT2D eigenvalue weighted by Gasteiger charge is 2.10. The van der Waals surface area contributed by atoms with Gasteiger partial charge in [-0.15, -0.1) is 0 Å². The van der Waals surface area contributed by atoms with Gasteiger partial charge in [0.1, 0.15) is 0 Å². The summed E-state index contributed by atoms with van der Waals surface area (Å²) >= 11 is 0. The van der Waals surface area contributed by atoms with E-state index in [4.69, 9.17) is 0 Å². The molecule has 2 aromatic rings. The summed E-state index contributed by atoms with van der Waals surface area (Å²) in [5, 5.41) is 14.3. The molecule has 2 aromatic carbocycles. The third kappa shape index (κ3) is 3.67. The van der Waals surface area contributed by atoms with Crippen LogP contribution in [0.1, 0.15) is 31.9 Å². The third-order valence-electron chi connectivity index (χ3n) is 3.54. The first kappa shape index (κ1) is 15.2. The van der Waals surface area contributed by atoms with Crippen LogP contribution in [0.4, 0.5) is 5.69 Å². The molecule has 0 aliphatic carbocycles. The van der Waals surface area contributed by atoms with E-state index in [1.54, 1.807) is 12.1 Å². The van der Waals surface area contributed by atoms with Crippen LogP contribution in [0.2, 0.25) is 0 Å². The van der Waals surface area contributed by atoms with Crippen LogP contribution in [0.15, 0.2) is 48.5 Å². The molecule has 0 aliphatic rings. The molecule has 0 bridgehead atoms. The fourth-order valence-corrected chi connectivity index (χ4v) is 2.48. The molecule has 1 unspecified atom stereocenters. The lowest BCUT2D eigenvalue weighted by Crippen LogP contribution is -2.19. The Kier molecular flexibility index (Phi) is 5.06. The van der Waals surface area contributed by atoms with Crippen molar-refractivity contribution in [3.8, 4) is 11.1 Å². The van der Waals surface area contributed by atoms with Gasteiger partial charge in [-0.3, -0.25) is 10.1 Å². The average Bonchev–Trinajstić information content (AvgIpc) is 2.53. The van der Waals surface area contributed by atoms with Gasteiger partial charge in [-0.25, -0.2) is 0 Å². The molecule has 0 heterocycles. The second-order valence-electron chi connectivity index (χ2n) is 4.95. The summed E-state index contributed by atoms with van der Waals surface area (Å²) in [6, 6.07) is 15.3. The smallest absolute Gasteiger partial charge is 0.270 e. The molecule has 21 heavy (non-hydrogen) atoms. The molecule has 0 aromatic heterocycles. The lowest BCUT2D eigenvalue weighted by Gasteiger charge is -2.17. The summed E-state index contributed by atoms with van der Waals surface area (Å²) in [5.41, 5.74) is 3.21. The Balaban J connectivity index is 2.36. The topological polar surface area (TPSA) is 55.2 Å². The van der Waals surface area contributed by atoms with Crippen LogP contribution >= 0.6 is 0 Å². The zero-order valence-electron chi connectivity index (χ0n) is 12.4. The van der Waals surface area contributed by atoms with E-state index in [2.05, 4.69) is 31.3 Å². The Morgan fingerprint density at radius 1 is 1.10 bits per heavy atom. The van der Waals surface area contributed by atoms with Crippen molar-refractivity contribution in [1.82, 2.24) is 5.32 Å². The standard InChI is InChI=1S/C17H20N2O2/c1-3-17(18-4-2)15-9-5-7-13(11-15)14-8-6-10-16(12-14)19(20)21/h5-12,17-18H,3-4H2,1-2H3. The predicted molar refractivity (Wildman–Crippen MR) is 85.2 cm³/mol. The van der Waals surface area contributed by atoms with Crippen molar-refractivity contribution in [1.29, 1.82) is 0 Å². The van der Waals surface area contributed by atoms with E-state index in [0.717, 1.165) is 24.1 Å². The van der Waals surface area contributed by atoms with E-state index in [0.29, 0.717) is 6.04 Å². The first-order valence-electron chi connectivity index (χ1n) is 7.23. The summed E-state index contributed by atoms with van der Waals surface area (Å²) in [6.07, 6.45) is 1.01. The van der Waals surface area contributed by atoms with E-state index in [9.17, 15) is 10.1 Å². The first-order valence-corrected chi connectivity index (χ1v) is 7.23. The lowest BCUT2D eigenvalue weighted by molar-refractivity contribution is -0.384. The lowest BCUT2D eigenvalue weighted by atomic mass is 9.98. The van der Waals surface area contributed by atoms with Gasteiger partial charge < -0.3 is 5.32 Å². The van der Waals surface area contributed by atoms with Crippen molar-refractivity contribution in [2.75, 3.05) is 6.54 Å². The highest BCUT2D eigenvalue weighted by molar-refractivity contribution is 5.66. The number of non-ortho nitro benzene ring substituents is 1. The number of rotatable bonds is 6. The third-order valence-corrected chi connectivity index (χ3v) is 3.54. The Labute approximate surface area is 125 Å². The molecule has 4 heteroatoms. The summed E-state index contributed by atoms with van der Waals surface area (Å²) in [7, 11) is 0. The van der Waals surface area contributed by atoms with Gasteiger partial charge in [-0.2, -0.15) is 0 Å². The molecule has 2 rings (SSSR count). The highest BCUT2D eigenvalue weighted by Crippen LogP contribution is 2.27. The summed E-state index contributed by atoms with van der Waals surface area (Å²) in [6.45, 7) is 5.15. The number of nitrogens with zero attached hydrogens (tertiary/aromatic N) is 1. The van der Waals surface area contributed by atoms with Gasteiger partial charge >= 0.3 is 0 Å². The van der Waals surface area contributed by atoms with Crippen molar-refractivity contribution < 1.29 is 4.92 Å². The van der Waals surface area contributed by atoms with Crippen LogP contribution in [0.3, 0.4) is 0 Å². The maximum atomic E-state index is 10.9. The Morgan fingerprint density at radius 2 is 1.76 bits per heavy atom. The minimum atomic E-state index is -0.360. The quantitative estimate of drug-likeness (QED) is 0.634. The predicted octanol–water partition coefficient (Wildman–Crippen LogP) is 4.32. The molecule has 0 radical (unpaired) electrons. The number of benzene rings is 2. The van der Waals surface area contributed by atoms with Crippen molar-refractivity contribution >= 4 is 5.69 Å². The number of nitrogens with one attached hydrogen (secondary N) is 1. The van der Waals surface area contributed by atoms with Crippen molar-refractivity contribution in [3.63, 3.8) is 0 Å². The molecule has 110 valence electrons. The van der Waals surface area contributed by atoms with Crippen LogP contribution in [-0.4, -0.2) is 11.5 Å². The minimum absolute atomic E-state index is 0.122. The van der Waals surface area contributed by atoms with E-state index in [1.165, 1.54) is 11.6 Å². The molecule has 4 nitrogen and oxygen atoms in total. The number of hydrogen-bond donors (Lipinski definition) is 1. The summed E-state index contributed by atoms with van der Waals surface area (Å²) in [4.78, 5) is 10.5. The number of nitro groups is 1. The molecule has 0 amide bonds. The van der Waals surface area contributed by atoms with Crippen LogP contribution < -0.4 is 5.32 Å². The van der Waals surface area contributed by atoms with Crippen LogP contribution in [-0.2, 0) is 0 Å². The van der Waals surface area contributed by atoms with E-state index in [-0.39, 0.29) is 10.6 Å². The molecule has 0 fully saturated rings. The molecular formula is C17H20N2O2. The normalized spacial score (nSPS) is 12.1. The largest absolute Gasteiger partial charge is 0.310 e. The Bertz CT molecular complexity index is 626. The SMILES string of the molecule is CCNC(CC)c1cccc(-c2cccc([N+](=O)[O-])c2)c1. The van der Waals surface area contributed by atoms with Crippen LogP contribution in [0.5, 0.6) is 0 Å². The highest BCUT2D eigenvalue weighted by atomic mass is 16.6. The molecule has 0 saturated carbocycles. The van der Waals surface area contributed by atoms with Crippen LogP contribution in [0.25, 0.3) is 11.1 Å². The van der Waals surface area contributed by atoms with E-state index in [1.807, 2.05) is 18.2 Å². The van der Waals surface area contributed by atoms with Gasteiger partial charge in [0, 0.05) is 18.2 Å². The Morgan fingerprint density at radius 3 is 2.38 bits per heavy atom. The molecule has 1 N–H and O–H groups in total. The molecule has 0 aliphatic heterocycles. The zero-order chi connectivity index (χ0) is 15.2. The Hall–Kier alpha value is -2.20. The minimum Gasteiger partial charge on any atom is -0.310 e. The summed E-state index contributed by atoms with van der Waals surface area (Å²) in [5.74, 6) is 0. The van der Waals surface area contributed by atoms with Crippen LogP contribution in [0, 0.1) is 10.1 Å². The molecule has 1 atom stereocenters. The van der Waals surface area contributed by atoms with Gasteiger partial charge in [-0.05, 0) is 35.7 Å². The average molecular weight is 284 g/mol. The van der Waals surface area contributed by atoms with Gasteiger partial charge in [0.15, 0.2) is 0 Å². The second-order valence-corrected chi connectivity index (χ2v) is 4.95.